The molecule has 13 heteroatoms. The van der Waals surface area contributed by atoms with Gasteiger partial charge in [0, 0.05) is 18.3 Å². The lowest BCUT2D eigenvalue weighted by Gasteiger charge is -2.07. The smallest absolute Gasteiger partial charge is 0.294 e. The maximum absolute atomic E-state index is 11.5. The van der Waals surface area contributed by atoms with E-state index in [2.05, 4.69) is 20.5 Å². The summed E-state index contributed by atoms with van der Waals surface area (Å²) in [6.45, 7) is 0. The van der Waals surface area contributed by atoms with Crippen molar-refractivity contribution in [2.75, 3.05) is 12.4 Å². The first kappa shape index (κ1) is 21.0. The first-order chi connectivity index (χ1) is 13.6. The number of nitrogens with zero attached hydrogens (tertiary/aromatic N) is 3. The van der Waals surface area contributed by atoms with Gasteiger partial charge in [-0.1, -0.05) is 41.7 Å². The number of thiazole rings is 1. The van der Waals surface area contributed by atoms with Crippen LogP contribution in [0.1, 0.15) is 0 Å². The number of azo groups is 1. The minimum atomic E-state index is -4.72. The molecule has 0 fully saturated rings. The Hall–Kier alpha value is -2.71. The number of hydrogen-bond acceptors (Lipinski definition) is 9. The van der Waals surface area contributed by atoms with E-state index < -0.39 is 30.0 Å². The minimum absolute atomic E-state index is 0.0268. The van der Waals surface area contributed by atoms with Gasteiger partial charge in [-0.25, -0.2) is 4.98 Å². The SMILES string of the molecule is C/N=N/c1sc(Nc2cc(S(=O)(=O)O)cc(S(=O)(=O)O)c2)nc1-c1ccccc1. The summed E-state index contributed by atoms with van der Waals surface area (Å²) in [5, 5.41) is 11.3. The molecule has 3 rings (SSSR count). The predicted molar refractivity (Wildman–Crippen MR) is 107 cm³/mol. The van der Waals surface area contributed by atoms with E-state index in [9.17, 15) is 25.9 Å². The molecule has 0 aliphatic carbocycles. The fourth-order valence-corrected chi connectivity index (χ4v) is 4.42. The Morgan fingerprint density at radius 1 is 0.966 bits per heavy atom. The van der Waals surface area contributed by atoms with Crippen LogP contribution in [0.5, 0.6) is 0 Å². The normalized spacial score (nSPS) is 12.4. The molecule has 0 bridgehead atoms. The first-order valence-corrected chi connectivity index (χ1v) is 11.5. The molecule has 0 radical (unpaired) electrons. The lowest BCUT2D eigenvalue weighted by Crippen LogP contribution is -2.05. The molecule has 1 heterocycles. The number of anilines is 2. The summed E-state index contributed by atoms with van der Waals surface area (Å²) in [6.07, 6.45) is 0. The summed E-state index contributed by atoms with van der Waals surface area (Å²) in [7, 11) is -7.95. The second-order valence-electron chi connectivity index (χ2n) is 5.61. The average Bonchev–Trinajstić information content (AvgIpc) is 3.03. The van der Waals surface area contributed by atoms with Gasteiger partial charge in [-0.2, -0.15) is 21.9 Å². The van der Waals surface area contributed by atoms with Crippen molar-refractivity contribution < 1.29 is 25.9 Å². The molecule has 0 atom stereocenters. The molecule has 0 aliphatic rings. The highest BCUT2D eigenvalue weighted by Crippen LogP contribution is 2.39. The molecule has 0 aliphatic heterocycles. The lowest BCUT2D eigenvalue weighted by atomic mass is 10.2. The van der Waals surface area contributed by atoms with Crippen LogP contribution in [0, 0.1) is 0 Å². The van der Waals surface area contributed by atoms with Crippen LogP contribution in [0.15, 0.2) is 68.6 Å². The average molecular weight is 455 g/mol. The van der Waals surface area contributed by atoms with E-state index in [1.54, 1.807) is 0 Å². The van der Waals surface area contributed by atoms with E-state index in [1.165, 1.54) is 7.05 Å². The fourth-order valence-electron chi connectivity index (χ4n) is 2.37. The first-order valence-electron chi connectivity index (χ1n) is 7.81. The number of benzene rings is 2. The summed E-state index contributed by atoms with van der Waals surface area (Å²) >= 11 is 1.09. The molecule has 0 saturated carbocycles. The summed E-state index contributed by atoms with van der Waals surface area (Å²) in [6, 6.07) is 11.8. The molecule has 1 aromatic heterocycles. The van der Waals surface area contributed by atoms with Gasteiger partial charge in [0.15, 0.2) is 10.1 Å². The summed E-state index contributed by atoms with van der Waals surface area (Å²) < 4.78 is 64.4. The molecule has 152 valence electrons. The largest absolute Gasteiger partial charge is 0.331 e. The van der Waals surface area contributed by atoms with Crippen molar-refractivity contribution in [2.45, 2.75) is 9.79 Å². The zero-order valence-electron chi connectivity index (χ0n) is 14.7. The summed E-state index contributed by atoms with van der Waals surface area (Å²) in [4.78, 5) is 3.00. The fraction of sp³-hybridized carbons (Fsp3) is 0.0625. The van der Waals surface area contributed by atoms with Crippen LogP contribution in [-0.4, -0.2) is 38.0 Å². The van der Waals surface area contributed by atoms with Crippen LogP contribution in [0.3, 0.4) is 0 Å². The van der Waals surface area contributed by atoms with Crippen LogP contribution in [0.25, 0.3) is 11.3 Å². The number of rotatable bonds is 6. The quantitative estimate of drug-likeness (QED) is 0.375. The molecule has 3 aromatic rings. The highest BCUT2D eigenvalue weighted by atomic mass is 32.2. The van der Waals surface area contributed by atoms with Gasteiger partial charge < -0.3 is 5.32 Å². The van der Waals surface area contributed by atoms with E-state index in [1.807, 2.05) is 30.3 Å². The Morgan fingerprint density at radius 2 is 1.55 bits per heavy atom. The van der Waals surface area contributed by atoms with Crippen LogP contribution in [-0.2, 0) is 20.2 Å². The van der Waals surface area contributed by atoms with E-state index in [0.717, 1.165) is 29.0 Å². The molecule has 3 N–H and O–H groups in total. The second kappa shape index (κ2) is 7.96. The molecule has 0 amide bonds. The number of aromatic nitrogens is 1. The molecule has 2 aromatic carbocycles. The number of nitrogens with one attached hydrogen (secondary N) is 1. The number of hydrogen-bond donors (Lipinski definition) is 3. The van der Waals surface area contributed by atoms with Gasteiger partial charge in [-0.05, 0) is 18.2 Å². The summed E-state index contributed by atoms with van der Waals surface area (Å²) in [5.41, 5.74) is 1.26. The molecular formula is C16H14N4O6S3. The molecule has 29 heavy (non-hydrogen) atoms. The van der Waals surface area contributed by atoms with Gasteiger partial charge in [0.25, 0.3) is 20.2 Å². The zero-order chi connectivity index (χ0) is 21.2. The highest BCUT2D eigenvalue weighted by Gasteiger charge is 2.19. The minimum Gasteiger partial charge on any atom is -0.331 e. The van der Waals surface area contributed by atoms with Crippen molar-refractivity contribution in [1.29, 1.82) is 0 Å². The van der Waals surface area contributed by atoms with Crippen LogP contribution < -0.4 is 5.32 Å². The van der Waals surface area contributed by atoms with Gasteiger partial charge in [0.1, 0.15) is 5.69 Å². The Bertz CT molecular complexity index is 1240. The Kier molecular flexibility index (Phi) is 5.77. The molecular weight excluding hydrogens is 440 g/mol. The third-order valence-electron chi connectivity index (χ3n) is 3.57. The topological polar surface area (TPSA) is 158 Å². The van der Waals surface area contributed by atoms with Crippen molar-refractivity contribution in [3.05, 3.63) is 48.5 Å². The predicted octanol–water partition coefficient (Wildman–Crippen LogP) is 3.76. The van der Waals surface area contributed by atoms with Crippen molar-refractivity contribution >= 4 is 47.4 Å². The van der Waals surface area contributed by atoms with Crippen molar-refractivity contribution in [1.82, 2.24) is 4.98 Å². The Morgan fingerprint density at radius 3 is 2.07 bits per heavy atom. The highest BCUT2D eigenvalue weighted by molar-refractivity contribution is 7.86. The van der Waals surface area contributed by atoms with Crippen LogP contribution >= 0.6 is 11.3 Å². The maximum Gasteiger partial charge on any atom is 0.294 e. The summed E-state index contributed by atoms with van der Waals surface area (Å²) in [5.74, 6) is 0. The van der Waals surface area contributed by atoms with E-state index >= 15 is 0 Å². The van der Waals surface area contributed by atoms with Crippen LogP contribution in [0.2, 0.25) is 0 Å². The van der Waals surface area contributed by atoms with Gasteiger partial charge in [0.2, 0.25) is 0 Å². The third kappa shape index (κ3) is 5.02. The second-order valence-corrected chi connectivity index (χ2v) is 9.43. The van der Waals surface area contributed by atoms with E-state index in [4.69, 9.17) is 0 Å². The lowest BCUT2D eigenvalue weighted by molar-refractivity contribution is 0.481. The molecule has 0 saturated heterocycles. The Labute approximate surface area is 170 Å². The molecule has 0 unspecified atom stereocenters. The van der Waals surface area contributed by atoms with E-state index in [0.29, 0.717) is 16.8 Å². The van der Waals surface area contributed by atoms with Gasteiger partial charge >= 0.3 is 0 Å². The maximum atomic E-state index is 11.5. The van der Waals surface area contributed by atoms with Crippen LogP contribution in [0.4, 0.5) is 15.8 Å². The van der Waals surface area contributed by atoms with Gasteiger partial charge in [0.05, 0.1) is 9.79 Å². The van der Waals surface area contributed by atoms with E-state index in [-0.39, 0.29) is 10.8 Å². The molecule has 0 spiro atoms. The Balaban J connectivity index is 2.08. The zero-order valence-corrected chi connectivity index (χ0v) is 17.2. The third-order valence-corrected chi connectivity index (χ3v) is 6.09. The molecule has 10 nitrogen and oxygen atoms in total. The van der Waals surface area contributed by atoms with Crippen molar-refractivity contribution in [3.8, 4) is 11.3 Å². The van der Waals surface area contributed by atoms with Crippen molar-refractivity contribution in [3.63, 3.8) is 0 Å². The standard InChI is InChI=1S/C16H14N4O6S3/c1-17-20-15-14(10-5-3-2-4-6-10)19-16(27-15)18-11-7-12(28(21,22)23)9-13(8-11)29(24,25)26/h2-9H,1H3,(H,18,19)(H,21,22,23)(H,24,25,26)/b20-17+. The monoisotopic (exact) mass is 454 g/mol. The van der Waals surface area contributed by atoms with Gasteiger partial charge in [-0.3, -0.25) is 9.11 Å². The van der Waals surface area contributed by atoms with Gasteiger partial charge in [-0.15, -0.1) is 5.11 Å². The van der Waals surface area contributed by atoms with Crippen molar-refractivity contribution in [2.24, 2.45) is 10.2 Å².